The number of amides is 1. The van der Waals surface area contributed by atoms with Gasteiger partial charge in [0, 0.05) is 17.7 Å². The standard InChI is InChI=1S/C29H22N2O6/c1-3-15-31-28(34)23(18-30)16-19-9-14-24(25(17-19)36-2)37-29(35)22-12-10-21(11-13-22)27(33)26(32)20-7-5-4-6-8-20/h3-14,16-17H,1,15H2,2H3,(H,31,34). The van der Waals surface area contributed by atoms with Crippen LogP contribution in [0, 0.1) is 11.3 Å². The van der Waals surface area contributed by atoms with Crippen LogP contribution >= 0.6 is 0 Å². The predicted molar refractivity (Wildman–Crippen MR) is 136 cm³/mol. The van der Waals surface area contributed by atoms with Gasteiger partial charge in [0.15, 0.2) is 11.5 Å². The number of carbonyl (C=O) groups excluding carboxylic acids is 4. The van der Waals surface area contributed by atoms with E-state index in [0.29, 0.717) is 5.56 Å². The van der Waals surface area contributed by atoms with Crippen LogP contribution in [-0.4, -0.2) is 37.1 Å². The van der Waals surface area contributed by atoms with E-state index in [1.54, 1.807) is 36.4 Å². The quantitative estimate of drug-likeness (QED) is 0.0853. The molecule has 184 valence electrons. The summed E-state index contributed by atoms with van der Waals surface area (Å²) < 4.78 is 10.7. The first kappa shape index (κ1) is 26.3. The van der Waals surface area contributed by atoms with Crippen LogP contribution in [0.1, 0.15) is 36.6 Å². The van der Waals surface area contributed by atoms with Gasteiger partial charge < -0.3 is 14.8 Å². The number of esters is 1. The van der Waals surface area contributed by atoms with E-state index in [0.717, 1.165) is 0 Å². The fourth-order valence-electron chi connectivity index (χ4n) is 3.20. The number of ketones is 2. The van der Waals surface area contributed by atoms with Crippen molar-refractivity contribution in [2.75, 3.05) is 13.7 Å². The van der Waals surface area contributed by atoms with Crippen molar-refractivity contribution in [3.63, 3.8) is 0 Å². The van der Waals surface area contributed by atoms with Crippen LogP contribution in [0.15, 0.2) is 91.0 Å². The van der Waals surface area contributed by atoms with Crippen LogP contribution in [0.25, 0.3) is 6.08 Å². The normalized spacial score (nSPS) is 10.5. The summed E-state index contributed by atoms with van der Waals surface area (Å²) in [6.07, 6.45) is 2.87. The number of nitrogens with zero attached hydrogens (tertiary/aromatic N) is 1. The molecule has 0 radical (unpaired) electrons. The Hall–Kier alpha value is -5.29. The molecule has 0 aliphatic carbocycles. The van der Waals surface area contributed by atoms with Crippen LogP contribution in [0.5, 0.6) is 11.5 Å². The third-order valence-corrected chi connectivity index (χ3v) is 5.10. The average Bonchev–Trinajstić information content (AvgIpc) is 2.94. The third kappa shape index (κ3) is 6.65. The van der Waals surface area contributed by atoms with E-state index < -0.39 is 23.4 Å². The number of nitrogens with one attached hydrogen (secondary N) is 1. The van der Waals surface area contributed by atoms with E-state index in [1.165, 1.54) is 55.7 Å². The highest BCUT2D eigenvalue weighted by atomic mass is 16.6. The maximum atomic E-state index is 12.7. The molecule has 0 heterocycles. The Bertz CT molecular complexity index is 1420. The fraction of sp³-hybridized carbons (Fsp3) is 0.0690. The molecule has 0 unspecified atom stereocenters. The van der Waals surface area contributed by atoms with Crippen molar-refractivity contribution >= 4 is 29.5 Å². The van der Waals surface area contributed by atoms with Crippen molar-refractivity contribution in [1.29, 1.82) is 5.26 Å². The van der Waals surface area contributed by atoms with Gasteiger partial charge in [-0.25, -0.2) is 4.79 Å². The highest BCUT2D eigenvalue weighted by molar-refractivity contribution is 6.49. The van der Waals surface area contributed by atoms with Gasteiger partial charge in [0.1, 0.15) is 11.6 Å². The SMILES string of the molecule is C=CCNC(=O)C(C#N)=Cc1ccc(OC(=O)c2ccc(C(=O)C(=O)c3ccccc3)cc2)c(OC)c1. The van der Waals surface area contributed by atoms with Gasteiger partial charge in [0.25, 0.3) is 5.91 Å². The number of ether oxygens (including phenoxy) is 2. The minimum atomic E-state index is -0.712. The molecule has 3 rings (SSSR count). The van der Waals surface area contributed by atoms with Gasteiger partial charge in [-0.05, 0) is 35.9 Å². The zero-order chi connectivity index (χ0) is 26.8. The van der Waals surface area contributed by atoms with Crippen LogP contribution in [0.2, 0.25) is 0 Å². The van der Waals surface area contributed by atoms with Crippen LogP contribution in [0.4, 0.5) is 0 Å². The van der Waals surface area contributed by atoms with Crippen molar-refractivity contribution in [1.82, 2.24) is 5.32 Å². The molecule has 1 N–H and O–H groups in total. The molecule has 0 aromatic heterocycles. The Morgan fingerprint density at radius 2 is 1.51 bits per heavy atom. The van der Waals surface area contributed by atoms with Gasteiger partial charge in [0.05, 0.1) is 12.7 Å². The number of Topliss-reactive ketones (excluding diaryl/α,β-unsaturated/α-hetero) is 2. The molecule has 8 nitrogen and oxygen atoms in total. The summed E-state index contributed by atoms with van der Waals surface area (Å²) in [4.78, 5) is 49.6. The van der Waals surface area contributed by atoms with Gasteiger partial charge in [-0.3, -0.25) is 14.4 Å². The second kappa shape index (κ2) is 12.4. The Morgan fingerprint density at radius 1 is 0.892 bits per heavy atom. The first-order valence-corrected chi connectivity index (χ1v) is 11.0. The molecule has 3 aromatic rings. The van der Waals surface area contributed by atoms with Gasteiger partial charge in [-0.1, -0.05) is 54.6 Å². The number of carbonyl (C=O) groups is 4. The van der Waals surface area contributed by atoms with Crippen molar-refractivity contribution in [2.45, 2.75) is 0 Å². The first-order chi connectivity index (χ1) is 17.9. The van der Waals surface area contributed by atoms with Crippen molar-refractivity contribution in [3.05, 3.63) is 113 Å². The number of hydrogen-bond donors (Lipinski definition) is 1. The molecule has 0 spiro atoms. The molecular formula is C29H22N2O6. The molecule has 37 heavy (non-hydrogen) atoms. The van der Waals surface area contributed by atoms with Gasteiger partial charge in [-0.2, -0.15) is 5.26 Å². The summed E-state index contributed by atoms with van der Waals surface area (Å²) in [5.41, 5.74) is 0.938. The van der Waals surface area contributed by atoms with Crippen molar-refractivity contribution in [3.8, 4) is 17.6 Å². The van der Waals surface area contributed by atoms with Crippen LogP contribution in [-0.2, 0) is 4.79 Å². The summed E-state index contributed by atoms with van der Waals surface area (Å²) in [7, 11) is 1.38. The monoisotopic (exact) mass is 494 g/mol. The number of methoxy groups -OCH3 is 1. The van der Waals surface area contributed by atoms with Gasteiger partial charge >= 0.3 is 5.97 Å². The Morgan fingerprint density at radius 3 is 2.11 bits per heavy atom. The molecule has 0 aliphatic rings. The highest BCUT2D eigenvalue weighted by Gasteiger charge is 2.19. The number of nitriles is 1. The summed E-state index contributed by atoms with van der Waals surface area (Å²) in [6.45, 7) is 3.72. The van der Waals surface area contributed by atoms with Crippen molar-refractivity contribution < 1.29 is 28.7 Å². The highest BCUT2D eigenvalue weighted by Crippen LogP contribution is 2.30. The number of rotatable bonds is 10. The third-order valence-electron chi connectivity index (χ3n) is 5.10. The van der Waals surface area contributed by atoms with E-state index in [-0.39, 0.29) is 40.3 Å². The van der Waals surface area contributed by atoms with Crippen LogP contribution < -0.4 is 14.8 Å². The number of benzene rings is 3. The first-order valence-electron chi connectivity index (χ1n) is 11.0. The molecule has 0 saturated carbocycles. The molecular weight excluding hydrogens is 472 g/mol. The Balaban J connectivity index is 1.74. The zero-order valence-electron chi connectivity index (χ0n) is 19.9. The molecule has 0 atom stereocenters. The maximum Gasteiger partial charge on any atom is 0.343 e. The van der Waals surface area contributed by atoms with Gasteiger partial charge in [-0.15, -0.1) is 6.58 Å². The zero-order valence-corrected chi connectivity index (χ0v) is 19.9. The largest absolute Gasteiger partial charge is 0.493 e. The lowest BCUT2D eigenvalue weighted by atomic mass is 10.0. The Kier molecular flexibility index (Phi) is 8.84. The molecule has 0 bridgehead atoms. The lowest BCUT2D eigenvalue weighted by molar-refractivity contribution is -0.116. The molecule has 3 aromatic carbocycles. The van der Waals surface area contributed by atoms with Gasteiger partial charge in [0.2, 0.25) is 11.6 Å². The summed E-state index contributed by atoms with van der Waals surface area (Å²) in [5, 5.41) is 11.8. The second-order valence-electron chi connectivity index (χ2n) is 7.57. The molecule has 0 fully saturated rings. The smallest absolute Gasteiger partial charge is 0.343 e. The second-order valence-corrected chi connectivity index (χ2v) is 7.57. The van der Waals surface area contributed by atoms with Crippen LogP contribution in [0.3, 0.4) is 0 Å². The van der Waals surface area contributed by atoms with Crippen molar-refractivity contribution in [2.24, 2.45) is 0 Å². The summed E-state index contributed by atoms with van der Waals surface area (Å²) in [5.74, 6) is -2.29. The van der Waals surface area contributed by atoms with E-state index >= 15 is 0 Å². The summed E-state index contributed by atoms with van der Waals surface area (Å²) >= 11 is 0. The summed E-state index contributed by atoms with van der Waals surface area (Å²) in [6, 6.07) is 20.1. The van der Waals surface area contributed by atoms with E-state index in [9.17, 15) is 24.4 Å². The van der Waals surface area contributed by atoms with E-state index in [2.05, 4.69) is 11.9 Å². The molecule has 0 saturated heterocycles. The lowest BCUT2D eigenvalue weighted by Crippen LogP contribution is -2.24. The minimum Gasteiger partial charge on any atom is -0.493 e. The predicted octanol–water partition coefficient (Wildman–Crippen LogP) is 4.19. The topological polar surface area (TPSA) is 123 Å². The maximum absolute atomic E-state index is 12.7. The minimum absolute atomic E-state index is 0.110. The Labute approximate surface area is 213 Å². The van der Waals surface area contributed by atoms with E-state index in [1.807, 2.05) is 6.07 Å². The number of hydrogen-bond acceptors (Lipinski definition) is 7. The molecule has 1 amide bonds. The molecule has 0 aliphatic heterocycles. The fourth-order valence-corrected chi connectivity index (χ4v) is 3.20. The average molecular weight is 495 g/mol. The van der Waals surface area contributed by atoms with E-state index in [4.69, 9.17) is 9.47 Å². The molecule has 8 heteroatoms. The lowest BCUT2D eigenvalue weighted by Gasteiger charge is -2.10.